The van der Waals surface area contributed by atoms with Crippen molar-refractivity contribution < 1.29 is 14.3 Å². The summed E-state index contributed by atoms with van der Waals surface area (Å²) >= 11 is 0. The van der Waals surface area contributed by atoms with Crippen LogP contribution in [0.1, 0.15) is 34.6 Å². The van der Waals surface area contributed by atoms with Gasteiger partial charge in [-0.05, 0) is 32.9 Å². The minimum atomic E-state index is -0.700. The van der Waals surface area contributed by atoms with Crippen LogP contribution in [0.15, 0.2) is 42.5 Å². The van der Waals surface area contributed by atoms with Crippen molar-refractivity contribution in [2.75, 3.05) is 11.4 Å². The Kier molecular flexibility index (Phi) is 5.02. The number of carbonyl (C=O) groups excluding carboxylic acids is 2. The fourth-order valence-corrected chi connectivity index (χ4v) is 2.76. The van der Waals surface area contributed by atoms with E-state index < -0.39 is 23.2 Å². The van der Waals surface area contributed by atoms with Crippen molar-refractivity contribution in [3.05, 3.63) is 42.5 Å². The van der Waals surface area contributed by atoms with Gasteiger partial charge in [0.25, 0.3) is 0 Å². The molecule has 1 N–H and O–H groups in total. The zero-order valence-corrected chi connectivity index (χ0v) is 15.0. The number of anilines is 1. The summed E-state index contributed by atoms with van der Waals surface area (Å²) in [4.78, 5) is 27.1. The lowest BCUT2D eigenvalue weighted by Crippen LogP contribution is -2.56. The van der Waals surface area contributed by atoms with Crippen LogP contribution in [0, 0.1) is 5.41 Å². The molecule has 2 amide bonds. The van der Waals surface area contributed by atoms with Gasteiger partial charge >= 0.3 is 6.09 Å². The summed E-state index contributed by atoms with van der Waals surface area (Å²) in [7, 11) is 0. The van der Waals surface area contributed by atoms with Crippen LogP contribution in [0.3, 0.4) is 0 Å². The van der Waals surface area contributed by atoms with Crippen LogP contribution in [0.25, 0.3) is 0 Å². The molecule has 1 aliphatic heterocycles. The molecule has 0 saturated carbocycles. The van der Waals surface area contributed by atoms with Crippen molar-refractivity contribution in [3.63, 3.8) is 0 Å². The van der Waals surface area contributed by atoms with Crippen LogP contribution in [0.2, 0.25) is 0 Å². The van der Waals surface area contributed by atoms with Gasteiger partial charge in [0, 0.05) is 17.6 Å². The van der Waals surface area contributed by atoms with Gasteiger partial charge in [-0.15, -0.1) is 0 Å². The number of para-hydroxylation sites is 1. The lowest BCUT2D eigenvalue weighted by atomic mass is 9.82. The van der Waals surface area contributed by atoms with Gasteiger partial charge in [-0.1, -0.05) is 44.2 Å². The molecule has 1 atom stereocenters. The summed E-state index contributed by atoms with van der Waals surface area (Å²) < 4.78 is 5.57. The molecule has 24 heavy (non-hydrogen) atoms. The number of ether oxygens (including phenoxy) is 1. The summed E-state index contributed by atoms with van der Waals surface area (Å²) in [5.74, 6) is -0.195. The first-order valence-corrected chi connectivity index (χ1v) is 8.14. The second-order valence-corrected chi connectivity index (χ2v) is 7.56. The van der Waals surface area contributed by atoms with E-state index in [4.69, 9.17) is 4.74 Å². The Balaban J connectivity index is 2.50. The van der Waals surface area contributed by atoms with Crippen molar-refractivity contribution in [1.29, 1.82) is 0 Å². The number of nitrogens with one attached hydrogen (secondary N) is 1. The van der Waals surface area contributed by atoms with Gasteiger partial charge in [0.2, 0.25) is 5.91 Å². The molecule has 0 aliphatic carbocycles. The van der Waals surface area contributed by atoms with Crippen molar-refractivity contribution in [2.45, 2.75) is 46.3 Å². The maximum atomic E-state index is 12.9. The average Bonchev–Trinajstić information content (AvgIpc) is 2.59. The zero-order chi connectivity index (χ0) is 18.0. The number of nitrogens with zero attached hydrogens (tertiary/aromatic N) is 1. The van der Waals surface area contributed by atoms with Gasteiger partial charge in [0.1, 0.15) is 11.6 Å². The normalized spacial score (nSPS) is 20.0. The Labute approximate surface area is 143 Å². The van der Waals surface area contributed by atoms with E-state index in [1.807, 2.05) is 77.1 Å². The van der Waals surface area contributed by atoms with Crippen LogP contribution < -0.4 is 10.2 Å². The number of rotatable bonds is 2. The minimum absolute atomic E-state index is 0.195. The van der Waals surface area contributed by atoms with Crippen LogP contribution in [-0.4, -0.2) is 30.2 Å². The molecule has 5 heteroatoms. The van der Waals surface area contributed by atoms with Crippen LogP contribution in [0.4, 0.5) is 10.5 Å². The Bertz CT molecular complexity index is 630. The zero-order valence-electron chi connectivity index (χ0n) is 15.0. The molecule has 1 aromatic rings. The van der Waals surface area contributed by atoms with Gasteiger partial charge in [-0.2, -0.15) is 0 Å². The first-order valence-electron chi connectivity index (χ1n) is 8.14. The number of benzene rings is 1. The molecule has 2 rings (SSSR count). The Morgan fingerprint density at radius 2 is 1.88 bits per heavy atom. The van der Waals surface area contributed by atoms with Crippen molar-refractivity contribution >= 4 is 17.7 Å². The largest absolute Gasteiger partial charge is 0.443 e. The first kappa shape index (κ1) is 18.0. The van der Waals surface area contributed by atoms with E-state index >= 15 is 0 Å². The van der Waals surface area contributed by atoms with E-state index in [1.165, 1.54) is 4.90 Å². The third-order valence-electron chi connectivity index (χ3n) is 3.78. The molecule has 0 aromatic heterocycles. The van der Waals surface area contributed by atoms with E-state index in [1.54, 1.807) is 0 Å². The molecular weight excluding hydrogens is 304 g/mol. The third kappa shape index (κ3) is 4.16. The standard InChI is InChI=1S/C19H26N2O3/c1-18(2,3)24-17(23)21(14-10-7-6-8-11-14)15-16(22)20-13-9-12-19(15,4)5/h6-12,15H,13H2,1-5H3,(H,20,22). The average molecular weight is 330 g/mol. The highest BCUT2D eigenvalue weighted by Gasteiger charge is 2.43. The maximum absolute atomic E-state index is 12.9. The molecule has 1 aliphatic rings. The van der Waals surface area contributed by atoms with Gasteiger partial charge in [-0.25, -0.2) is 4.79 Å². The smallest absolute Gasteiger partial charge is 0.415 e. The summed E-state index contributed by atoms with van der Waals surface area (Å²) in [5, 5.41) is 2.84. The molecular formula is C19H26N2O3. The fraction of sp³-hybridized carbons (Fsp3) is 0.474. The first-order chi connectivity index (χ1) is 11.1. The predicted molar refractivity (Wildman–Crippen MR) is 94.9 cm³/mol. The van der Waals surface area contributed by atoms with E-state index in [0.717, 1.165) is 0 Å². The van der Waals surface area contributed by atoms with Gasteiger partial charge in [0.15, 0.2) is 0 Å². The molecule has 1 aromatic carbocycles. The predicted octanol–water partition coefficient (Wildman–Crippen LogP) is 3.51. The van der Waals surface area contributed by atoms with Crippen molar-refractivity contribution in [2.24, 2.45) is 5.41 Å². The van der Waals surface area contributed by atoms with Crippen LogP contribution in [0.5, 0.6) is 0 Å². The van der Waals surface area contributed by atoms with E-state index in [9.17, 15) is 9.59 Å². The number of hydrogen-bond donors (Lipinski definition) is 1. The molecule has 0 saturated heterocycles. The number of carbonyl (C=O) groups is 2. The molecule has 0 radical (unpaired) electrons. The van der Waals surface area contributed by atoms with Gasteiger partial charge in [0.05, 0.1) is 0 Å². The summed E-state index contributed by atoms with van der Waals surface area (Å²) in [6.07, 6.45) is 3.35. The quantitative estimate of drug-likeness (QED) is 0.844. The number of hydrogen-bond acceptors (Lipinski definition) is 3. The monoisotopic (exact) mass is 330 g/mol. The lowest BCUT2D eigenvalue weighted by molar-refractivity contribution is -0.123. The van der Waals surface area contributed by atoms with Crippen molar-refractivity contribution in [3.8, 4) is 0 Å². The highest BCUT2D eigenvalue weighted by Crippen LogP contribution is 2.33. The topological polar surface area (TPSA) is 58.6 Å². The third-order valence-corrected chi connectivity index (χ3v) is 3.78. The van der Waals surface area contributed by atoms with Crippen molar-refractivity contribution in [1.82, 2.24) is 5.32 Å². The summed E-state index contributed by atoms with van der Waals surface area (Å²) in [6, 6.07) is 8.46. The minimum Gasteiger partial charge on any atom is -0.443 e. The second-order valence-electron chi connectivity index (χ2n) is 7.56. The highest BCUT2D eigenvalue weighted by molar-refractivity contribution is 5.98. The van der Waals surface area contributed by atoms with E-state index in [-0.39, 0.29) is 5.91 Å². The Morgan fingerprint density at radius 3 is 2.46 bits per heavy atom. The van der Waals surface area contributed by atoms with Gasteiger partial charge in [-0.3, -0.25) is 9.69 Å². The molecule has 1 unspecified atom stereocenters. The summed E-state index contributed by atoms with van der Waals surface area (Å²) in [6.45, 7) is 9.78. The molecule has 0 fully saturated rings. The maximum Gasteiger partial charge on any atom is 0.415 e. The lowest BCUT2D eigenvalue weighted by Gasteiger charge is -2.39. The van der Waals surface area contributed by atoms with Gasteiger partial charge < -0.3 is 10.1 Å². The van der Waals surface area contributed by atoms with E-state index in [2.05, 4.69) is 5.32 Å². The highest BCUT2D eigenvalue weighted by atomic mass is 16.6. The summed E-state index contributed by atoms with van der Waals surface area (Å²) in [5.41, 5.74) is -0.547. The van der Waals surface area contributed by atoms with Crippen LogP contribution in [-0.2, 0) is 9.53 Å². The Morgan fingerprint density at radius 1 is 1.25 bits per heavy atom. The molecule has 5 nitrogen and oxygen atoms in total. The number of amides is 2. The van der Waals surface area contributed by atoms with Crippen LogP contribution >= 0.6 is 0 Å². The van der Waals surface area contributed by atoms with E-state index in [0.29, 0.717) is 12.2 Å². The molecule has 0 bridgehead atoms. The SMILES string of the molecule is CC(C)(C)OC(=O)N(c1ccccc1)C1C(=O)NCC=CC1(C)C. The molecule has 130 valence electrons. The molecule has 0 spiro atoms. The molecule has 1 heterocycles. The Hall–Kier alpha value is -2.30. The fourth-order valence-electron chi connectivity index (χ4n) is 2.76. The second kappa shape index (κ2) is 6.67.